The number of nitrogens with one attached hydrogen (secondary N) is 1. The third-order valence-corrected chi connectivity index (χ3v) is 3.70. The third-order valence-electron chi connectivity index (χ3n) is 2.17. The molecule has 1 aromatic carbocycles. The molecule has 0 amide bonds. The van der Waals surface area contributed by atoms with Crippen molar-refractivity contribution in [3.05, 3.63) is 41.4 Å². The highest BCUT2D eigenvalue weighted by atomic mass is 35.5. The summed E-state index contributed by atoms with van der Waals surface area (Å²) in [4.78, 5) is 20.4. The van der Waals surface area contributed by atoms with Gasteiger partial charge in [-0.2, -0.15) is 0 Å². The number of benzene rings is 1. The molecule has 0 spiro atoms. The zero-order valence-corrected chi connectivity index (χ0v) is 13.3. The van der Waals surface area contributed by atoms with Gasteiger partial charge < -0.3 is 15.5 Å². The largest absolute Gasteiger partial charge is 0.478 e. The average Bonchev–Trinajstić information content (AvgIpc) is 2.45. The molecule has 1 aromatic rings. The maximum atomic E-state index is 9.55. The van der Waals surface area contributed by atoms with E-state index >= 15 is 0 Å². The Bertz CT molecular complexity index is 460. The van der Waals surface area contributed by atoms with Gasteiger partial charge >= 0.3 is 11.9 Å². The van der Waals surface area contributed by atoms with Crippen LogP contribution < -0.4 is 5.32 Å². The summed E-state index contributed by atoms with van der Waals surface area (Å²) in [6, 6.07) is 8.49. The molecule has 0 aliphatic carbocycles. The van der Waals surface area contributed by atoms with Crippen LogP contribution in [0, 0.1) is 0 Å². The lowest BCUT2D eigenvalue weighted by Gasteiger charge is -2.08. The maximum Gasteiger partial charge on any atom is 0.328 e. The molecule has 1 unspecified atom stereocenters. The van der Waals surface area contributed by atoms with Crippen LogP contribution in [0.1, 0.15) is 6.92 Å². The minimum absolute atomic E-state index is 0.542. The van der Waals surface area contributed by atoms with Crippen molar-refractivity contribution >= 4 is 35.3 Å². The number of carboxylic acids is 2. The smallest absolute Gasteiger partial charge is 0.328 e. The lowest BCUT2D eigenvalue weighted by Crippen LogP contribution is -2.23. The third kappa shape index (κ3) is 12.0. The highest BCUT2D eigenvalue weighted by molar-refractivity contribution is 7.99. The van der Waals surface area contributed by atoms with Crippen LogP contribution in [-0.2, 0) is 9.59 Å². The molecule has 0 fully saturated rings. The number of halogens is 1. The van der Waals surface area contributed by atoms with E-state index in [-0.39, 0.29) is 0 Å². The first-order chi connectivity index (χ1) is 9.85. The topological polar surface area (TPSA) is 86.6 Å². The number of hydrogen-bond acceptors (Lipinski definition) is 4. The molecular weight excluding hydrogens is 314 g/mol. The molecule has 0 aromatic heterocycles. The zero-order valence-electron chi connectivity index (χ0n) is 11.7. The Labute approximate surface area is 133 Å². The predicted molar refractivity (Wildman–Crippen MR) is 85.1 cm³/mol. The molecule has 0 aliphatic heterocycles. The fourth-order valence-corrected chi connectivity index (χ4v) is 2.04. The van der Waals surface area contributed by atoms with Gasteiger partial charge in [-0.05, 0) is 38.2 Å². The molecule has 0 saturated carbocycles. The molecule has 0 bridgehead atoms. The highest BCUT2D eigenvalue weighted by Gasteiger charge is 1.99. The van der Waals surface area contributed by atoms with Gasteiger partial charge in [0.2, 0.25) is 0 Å². The lowest BCUT2D eigenvalue weighted by atomic mass is 10.4. The normalized spacial score (nSPS) is 11.6. The summed E-state index contributed by atoms with van der Waals surface area (Å²) < 4.78 is 0. The monoisotopic (exact) mass is 331 g/mol. The summed E-state index contributed by atoms with van der Waals surface area (Å²) >= 11 is 7.62. The SMILES string of the molecule is CNC(C)CSc1ccc(Cl)cc1.O=C(O)C=CC(=O)O. The lowest BCUT2D eigenvalue weighted by molar-refractivity contribution is -0.134. The Hall–Kier alpha value is -1.50. The molecule has 21 heavy (non-hydrogen) atoms. The van der Waals surface area contributed by atoms with Crippen molar-refractivity contribution in [3.8, 4) is 0 Å². The van der Waals surface area contributed by atoms with Crippen LogP contribution in [-0.4, -0.2) is 41.0 Å². The average molecular weight is 332 g/mol. The molecule has 1 atom stereocenters. The minimum atomic E-state index is -1.26. The van der Waals surface area contributed by atoms with Gasteiger partial charge in [-0.15, -0.1) is 11.8 Å². The second-order valence-electron chi connectivity index (χ2n) is 3.96. The molecule has 3 N–H and O–H groups in total. The summed E-state index contributed by atoms with van der Waals surface area (Å²) in [5.41, 5.74) is 0. The number of rotatable bonds is 6. The van der Waals surface area contributed by atoms with Crippen LogP contribution >= 0.6 is 23.4 Å². The summed E-state index contributed by atoms with van der Waals surface area (Å²) in [5.74, 6) is -1.43. The Kier molecular flexibility index (Phi) is 10.4. The van der Waals surface area contributed by atoms with Gasteiger partial charge in [0.1, 0.15) is 0 Å². The number of carboxylic acid groups (broad SMARTS) is 2. The van der Waals surface area contributed by atoms with Crippen molar-refractivity contribution in [2.45, 2.75) is 17.9 Å². The van der Waals surface area contributed by atoms with Gasteiger partial charge in [-0.25, -0.2) is 9.59 Å². The Morgan fingerprint density at radius 3 is 2.10 bits per heavy atom. The molecule has 0 aliphatic rings. The zero-order chi connectivity index (χ0) is 16.3. The van der Waals surface area contributed by atoms with Crippen LogP contribution in [0.3, 0.4) is 0 Å². The van der Waals surface area contributed by atoms with E-state index in [1.54, 1.807) is 0 Å². The van der Waals surface area contributed by atoms with Crippen molar-refractivity contribution in [2.75, 3.05) is 12.8 Å². The van der Waals surface area contributed by atoms with Gasteiger partial charge in [0, 0.05) is 33.9 Å². The van der Waals surface area contributed by atoms with Crippen molar-refractivity contribution in [3.63, 3.8) is 0 Å². The van der Waals surface area contributed by atoms with E-state index in [1.807, 2.05) is 30.9 Å². The van der Waals surface area contributed by atoms with Crippen molar-refractivity contribution in [1.29, 1.82) is 0 Å². The molecule has 0 saturated heterocycles. The van der Waals surface area contributed by atoms with Gasteiger partial charge in [-0.1, -0.05) is 11.6 Å². The fourth-order valence-electron chi connectivity index (χ4n) is 0.978. The quantitative estimate of drug-likeness (QED) is 0.549. The molecule has 5 nitrogen and oxygen atoms in total. The second kappa shape index (κ2) is 11.2. The van der Waals surface area contributed by atoms with Crippen LogP contribution in [0.5, 0.6) is 0 Å². The number of thioether (sulfide) groups is 1. The Balaban J connectivity index is 0.000000433. The summed E-state index contributed by atoms with van der Waals surface area (Å²) in [6.07, 6.45) is 1.12. The molecule has 1 rings (SSSR count). The standard InChI is InChI=1S/C10H14ClNS.C4H4O4/c1-8(12-2)7-13-10-5-3-9(11)4-6-10;5-3(6)1-2-4(7)8/h3-6,8,12H,7H2,1-2H3;1-2H,(H,5,6)(H,7,8). The van der Waals surface area contributed by atoms with Crippen molar-refractivity contribution < 1.29 is 19.8 Å². The molecular formula is C14H18ClNO4S. The van der Waals surface area contributed by atoms with Gasteiger partial charge in [0.25, 0.3) is 0 Å². The first kappa shape index (κ1) is 19.5. The van der Waals surface area contributed by atoms with E-state index in [9.17, 15) is 9.59 Å². The van der Waals surface area contributed by atoms with E-state index in [0.717, 1.165) is 10.8 Å². The van der Waals surface area contributed by atoms with E-state index < -0.39 is 11.9 Å². The second-order valence-corrected chi connectivity index (χ2v) is 5.49. The molecule has 116 valence electrons. The van der Waals surface area contributed by atoms with E-state index in [0.29, 0.717) is 18.2 Å². The van der Waals surface area contributed by atoms with Crippen LogP contribution in [0.15, 0.2) is 41.3 Å². The summed E-state index contributed by atoms with van der Waals surface area (Å²) in [5, 5.41) is 19.6. The molecule has 7 heteroatoms. The Morgan fingerprint density at radius 1 is 1.24 bits per heavy atom. The van der Waals surface area contributed by atoms with E-state index in [2.05, 4.69) is 24.4 Å². The number of aliphatic carboxylic acids is 2. The summed E-state index contributed by atoms with van der Waals surface area (Å²) in [7, 11) is 1.98. The van der Waals surface area contributed by atoms with Gasteiger partial charge in [0.15, 0.2) is 0 Å². The van der Waals surface area contributed by atoms with Crippen LogP contribution in [0.2, 0.25) is 5.02 Å². The molecule has 0 radical (unpaired) electrons. The van der Waals surface area contributed by atoms with E-state index in [4.69, 9.17) is 21.8 Å². The van der Waals surface area contributed by atoms with Crippen LogP contribution in [0.25, 0.3) is 0 Å². The first-order valence-electron chi connectivity index (χ1n) is 6.04. The Morgan fingerprint density at radius 2 is 1.71 bits per heavy atom. The van der Waals surface area contributed by atoms with Crippen molar-refractivity contribution in [1.82, 2.24) is 5.32 Å². The first-order valence-corrected chi connectivity index (χ1v) is 7.41. The van der Waals surface area contributed by atoms with Gasteiger partial charge in [-0.3, -0.25) is 0 Å². The number of hydrogen-bond donors (Lipinski definition) is 3. The van der Waals surface area contributed by atoms with Crippen molar-refractivity contribution in [2.24, 2.45) is 0 Å². The fraction of sp³-hybridized carbons (Fsp3) is 0.286. The van der Waals surface area contributed by atoms with Gasteiger partial charge in [0.05, 0.1) is 0 Å². The van der Waals surface area contributed by atoms with Crippen LogP contribution in [0.4, 0.5) is 0 Å². The predicted octanol–water partition coefficient (Wildman–Crippen LogP) is 2.75. The molecule has 0 heterocycles. The number of carbonyl (C=O) groups is 2. The summed E-state index contributed by atoms with van der Waals surface area (Å²) in [6.45, 7) is 2.17. The maximum absolute atomic E-state index is 9.55. The minimum Gasteiger partial charge on any atom is -0.478 e. The van der Waals surface area contributed by atoms with E-state index in [1.165, 1.54) is 4.90 Å². The highest BCUT2D eigenvalue weighted by Crippen LogP contribution is 2.20.